The van der Waals surface area contributed by atoms with Gasteiger partial charge in [0.2, 0.25) is 5.82 Å². The third kappa shape index (κ3) is 5.74. The van der Waals surface area contributed by atoms with Gasteiger partial charge in [0.25, 0.3) is 0 Å². The highest BCUT2D eigenvalue weighted by atomic mass is 35.5. The Kier molecular flexibility index (Phi) is 8.20. The number of ether oxygens (including phenoxy) is 4. The number of alkyl halides is 3. The maximum Gasteiger partial charge on any atom is 0.452 e. The Hall–Kier alpha value is -3.68. The van der Waals surface area contributed by atoms with Gasteiger partial charge in [0.1, 0.15) is 12.2 Å². The van der Waals surface area contributed by atoms with E-state index < -0.39 is 24.2 Å². The minimum absolute atomic E-state index is 0.0448. The molecule has 4 aromatic rings. The molecule has 2 aromatic carbocycles. The molecule has 5 rings (SSSR count). The quantitative estimate of drug-likeness (QED) is 0.227. The van der Waals surface area contributed by atoms with Crippen LogP contribution in [0.4, 0.5) is 13.2 Å². The molecule has 1 aliphatic rings. The topological polar surface area (TPSA) is 97.6 Å². The predicted molar refractivity (Wildman–Crippen MR) is 143 cm³/mol. The van der Waals surface area contributed by atoms with Crippen LogP contribution >= 0.6 is 22.9 Å². The summed E-state index contributed by atoms with van der Waals surface area (Å²) >= 11 is 7.67. The van der Waals surface area contributed by atoms with Gasteiger partial charge in [0.05, 0.1) is 44.1 Å². The SMILES string of the molecule is COC(=O)CCc1csc(C[C@@H]2O[C@@H](c3cccc(OC)c3OC)c3cc(Cl)ccc3-n3c2nnc3C(F)(F)F)n1. The lowest BCUT2D eigenvalue weighted by Crippen LogP contribution is -2.17. The summed E-state index contributed by atoms with van der Waals surface area (Å²) in [5.41, 5.74) is 1.70. The van der Waals surface area contributed by atoms with Crippen LogP contribution < -0.4 is 9.47 Å². The fraction of sp³-hybridized carbons (Fsp3) is 0.333. The van der Waals surface area contributed by atoms with Crippen molar-refractivity contribution >= 4 is 28.9 Å². The first-order valence-corrected chi connectivity index (χ1v) is 13.6. The van der Waals surface area contributed by atoms with Crippen molar-refractivity contribution in [3.63, 3.8) is 0 Å². The molecule has 41 heavy (non-hydrogen) atoms. The Morgan fingerprint density at radius 3 is 2.63 bits per heavy atom. The number of carbonyl (C=O) groups is 1. The summed E-state index contributed by atoms with van der Waals surface area (Å²) in [6.45, 7) is 0. The molecule has 0 spiro atoms. The molecule has 0 saturated carbocycles. The van der Waals surface area contributed by atoms with Gasteiger partial charge >= 0.3 is 12.1 Å². The van der Waals surface area contributed by atoms with Crippen LogP contribution in [0.2, 0.25) is 5.02 Å². The zero-order valence-electron chi connectivity index (χ0n) is 22.1. The van der Waals surface area contributed by atoms with Crippen molar-refractivity contribution in [2.24, 2.45) is 0 Å². The summed E-state index contributed by atoms with van der Waals surface area (Å²) < 4.78 is 66.0. The van der Waals surface area contributed by atoms with Gasteiger partial charge in [-0.15, -0.1) is 21.5 Å². The number of halogens is 4. The number of esters is 1. The molecule has 2 aromatic heterocycles. The highest BCUT2D eigenvalue weighted by Crippen LogP contribution is 2.47. The molecule has 0 aliphatic carbocycles. The number of thiazole rings is 1. The number of benzene rings is 2. The Morgan fingerprint density at radius 1 is 1.12 bits per heavy atom. The average molecular weight is 609 g/mol. The third-order valence-electron chi connectivity index (χ3n) is 6.53. The zero-order chi connectivity index (χ0) is 29.3. The molecule has 2 atom stereocenters. The molecule has 0 amide bonds. The van der Waals surface area contributed by atoms with Gasteiger partial charge in [-0.25, -0.2) is 4.98 Å². The molecule has 9 nitrogen and oxygen atoms in total. The highest BCUT2D eigenvalue weighted by Gasteiger charge is 2.43. The highest BCUT2D eigenvalue weighted by molar-refractivity contribution is 7.09. The Labute approximate surface area is 241 Å². The van der Waals surface area contributed by atoms with E-state index in [0.29, 0.717) is 44.8 Å². The molecular weight excluding hydrogens is 585 g/mol. The molecule has 1 aliphatic heterocycles. The van der Waals surface area contributed by atoms with E-state index in [-0.39, 0.29) is 30.3 Å². The number of rotatable bonds is 8. The van der Waals surface area contributed by atoms with Crippen molar-refractivity contribution < 1.29 is 36.9 Å². The van der Waals surface area contributed by atoms with Crippen LogP contribution in [0.5, 0.6) is 11.5 Å². The second-order valence-corrected chi connectivity index (χ2v) is 10.4. The van der Waals surface area contributed by atoms with Crippen molar-refractivity contribution in [2.75, 3.05) is 21.3 Å². The third-order valence-corrected chi connectivity index (χ3v) is 7.69. The van der Waals surface area contributed by atoms with E-state index in [2.05, 4.69) is 19.9 Å². The molecule has 3 heterocycles. The lowest BCUT2D eigenvalue weighted by atomic mass is 9.98. The summed E-state index contributed by atoms with van der Waals surface area (Å²) in [6, 6.07) is 9.73. The maximum atomic E-state index is 14.2. The van der Waals surface area contributed by atoms with E-state index in [9.17, 15) is 18.0 Å². The molecule has 0 bridgehead atoms. The Bertz CT molecular complexity index is 1570. The molecule has 0 fully saturated rings. The Morgan fingerprint density at radius 2 is 1.93 bits per heavy atom. The molecule has 0 unspecified atom stereocenters. The zero-order valence-corrected chi connectivity index (χ0v) is 23.6. The average Bonchev–Trinajstić information content (AvgIpc) is 3.58. The number of fused-ring (bicyclic) bond motifs is 3. The van der Waals surface area contributed by atoms with Crippen molar-refractivity contribution in [1.82, 2.24) is 19.7 Å². The maximum absolute atomic E-state index is 14.2. The molecule has 14 heteroatoms. The van der Waals surface area contributed by atoms with Gasteiger partial charge in [0, 0.05) is 34.4 Å². The fourth-order valence-corrected chi connectivity index (χ4v) is 5.75. The second kappa shape index (κ2) is 11.7. The van der Waals surface area contributed by atoms with E-state index in [1.54, 1.807) is 29.6 Å². The number of aromatic nitrogens is 4. The van der Waals surface area contributed by atoms with Gasteiger partial charge in [-0.2, -0.15) is 13.2 Å². The van der Waals surface area contributed by atoms with Crippen LogP contribution in [0.25, 0.3) is 5.69 Å². The van der Waals surface area contributed by atoms with E-state index in [1.165, 1.54) is 44.8 Å². The van der Waals surface area contributed by atoms with Gasteiger partial charge in [0.15, 0.2) is 17.3 Å². The Balaban J connectivity index is 1.65. The van der Waals surface area contributed by atoms with E-state index >= 15 is 0 Å². The standard InChI is InChI=1S/C27H24ClF3N4O5S/c1-37-19-6-4-5-16(24(19)39-3)23-17-11-14(28)7-9-18(17)35-25(33-34-26(35)27(29,30)31)20(40-23)12-21-32-15(13-41-21)8-10-22(36)38-2/h4-7,9,11,13,20,23H,8,10,12H2,1-3H3/t20-,23-/m0/s1. The van der Waals surface area contributed by atoms with Crippen LogP contribution in [-0.2, 0) is 33.3 Å². The van der Waals surface area contributed by atoms with Crippen LogP contribution in [0.15, 0.2) is 41.8 Å². The number of hydrogen-bond donors (Lipinski definition) is 0. The van der Waals surface area contributed by atoms with E-state index in [4.69, 9.17) is 25.8 Å². The largest absolute Gasteiger partial charge is 0.493 e. The summed E-state index contributed by atoms with van der Waals surface area (Å²) in [4.78, 5) is 16.1. The summed E-state index contributed by atoms with van der Waals surface area (Å²) in [5, 5.41) is 10.1. The van der Waals surface area contributed by atoms with Gasteiger partial charge < -0.3 is 18.9 Å². The van der Waals surface area contributed by atoms with Gasteiger partial charge in [-0.3, -0.25) is 9.36 Å². The molecule has 0 radical (unpaired) electrons. The van der Waals surface area contributed by atoms with Gasteiger partial charge in [-0.05, 0) is 24.3 Å². The number of para-hydroxylation sites is 1. The summed E-state index contributed by atoms with van der Waals surface area (Å²) in [5.74, 6) is -0.829. The number of carbonyl (C=O) groups excluding carboxylic acids is 1. The molecule has 0 N–H and O–H groups in total. The van der Waals surface area contributed by atoms with E-state index in [0.717, 1.165) is 4.57 Å². The van der Waals surface area contributed by atoms with Crippen LogP contribution in [-0.4, -0.2) is 47.0 Å². The van der Waals surface area contributed by atoms with Crippen molar-refractivity contribution in [3.8, 4) is 17.2 Å². The monoisotopic (exact) mass is 608 g/mol. The lowest BCUT2D eigenvalue weighted by Gasteiger charge is -2.24. The number of nitrogens with zero attached hydrogens (tertiary/aromatic N) is 4. The first-order chi connectivity index (χ1) is 19.6. The van der Waals surface area contributed by atoms with E-state index in [1.807, 2.05) is 0 Å². The number of methoxy groups -OCH3 is 3. The predicted octanol–water partition coefficient (Wildman–Crippen LogP) is 5.92. The van der Waals surface area contributed by atoms with Crippen molar-refractivity contribution in [3.05, 3.63) is 80.3 Å². The first-order valence-electron chi connectivity index (χ1n) is 12.3. The van der Waals surface area contributed by atoms with Gasteiger partial charge in [-0.1, -0.05) is 23.7 Å². The summed E-state index contributed by atoms with van der Waals surface area (Å²) in [7, 11) is 4.26. The van der Waals surface area contributed by atoms with Crippen LogP contribution in [0.3, 0.4) is 0 Å². The minimum atomic E-state index is -4.80. The van der Waals surface area contributed by atoms with Crippen LogP contribution in [0, 0.1) is 0 Å². The molecular formula is C27H24ClF3N4O5S. The summed E-state index contributed by atoms with van der Waals surface area (Å²) in [6.07, 6.45) is -6.15. The number of aryl methyl sites for hydroxylation is 1. The number of hydrogen-bond acceptors (Lipinski definition) is 9. The van der Waals surface area contributed by atoms with Crippen molar-refractivity contribution in [2.45, 2.75) is 37.6 Å². The minimum Gasteiger partial charge on any atom is -0.493 e. The second-order valence-electron chi connectivity index (χ2n) is 9.02. The molecule has 216 valence electrons. The fourth-order valence-electron chi connectivity index (χ4n) is 4.71. The van der Waals surface area contributed by atoms with Crippen LogP contribution in [0.1, 0.15) is 52.1 Å². The lowest BCUT2D eigenvalue weighted by molar-refractivity contribution is -0.146. The normalized spacial score (nSPS) is 16.5. The molecule has 0 saturated heterocycles. The first kappa shape index (κ1) is 28.8. The van der Waals surface area contributed by atoms with Crippen molar-refractivity contribution in [1.29, 1.82) is 0 Å². The smallest absolute Gasteiger partial charge is 0.452 e.